The van der Waals surface area contributed by atoms with E-state index in [9.17, 15) is 9.00 Å². The summed E-state index contributed by atoms with van der Waals surface area (Å²) in [6.07, 6.45) is 0.818. The van der Waals surface area contributed by atoms with Gasteiger partial charge in [0, 0.05) is 16.5 Å². The van der Waals surface area contributed by atoms with Crippen LogP contribution in [-0.2, 0) is 10.8 Å². The van der Waals surface area contributed by atoms with Crippen molar-refractivity contribution in [1.29, 1.82) is 0 Å². The van der Waals surface area contributed by atoms with E-state index in [0.29, 0.717) is 20.7 Å². The molecule has 5 nitrogen and oxygen atoms in total. The molecule has 2 aromatic rings. The molecule has 0 aliphatic heterocycles. The molecule has 0 aliphatic carbocycles. The molecule has 2 rings (SSSR count). The molecule has 106 valence electrons. The topological polar surface area (TPSA) is 72.0 Å². The fraction of sp³-hybridized carbons (Fsp3) is 0.250. The molecule has 1 atom stereocenters. The molecule has 1 heterocycles. The maximum atomic E-state index is 12.4. The highest BCUT2D eigenvalue weighted by molar-refractivity contribution is 7.87. The van der Waals surface area contributed by atoms with E-state index in [0.717, 1.165) is 18.0 Å². The number of amides is 1. The van der Waals surface area contributed by atoms with Crippen molar-refractivity contribution in [3.63, 3.8) is 0 Å². The van der Waals surface area contributed by atoms with Crippen molar-refractivity contribution in [1.82, 2.24) is 14.9 Å². The van der Waals surface area contributed by atoms with Crippen LogP contribution in [-0.4, -0.2) is 26.2 Å². The summed E-state index contributed by atoms with van der Waals surface area (Å²) in [4.78, 5) is 12.5. The Kier molecular flexibility index (Phi) is 5.22. The van der Waals surface area contributed by atoms with E-state index in [1.54, 1.807) is 24.3 Å². The van der Waals surface area contributed by atoms with Crippen molar-refractivity contribution >= 4 is 39.8 Å². The minimum absolute atomic E-state index is 0.122. The summed E-state index contributed by atoms with van der Waals surface area (Å²) >= 11 is 6.76. The van der Waals surface area contributed by atoms with Crippen molar-refractivity contribution in [2.24, 2.45) is 0 Å². The first-order valence-corrected chi connectivity index (χ1v) is 8.21. The van der Waals surface area contributed by atoms with Gasteiger partial charge in [0.15, 0.2) is 9.90 Å². The molecular formula is C12H12ClN3O2S2. The zero-order valence-corrected chi connectivity index (χ0v) is 13.0. The van der Waals surface area contributed by atoms with Crippen molar-refractivity contribution in [2.75, 3.05) is 6.54 Å². The van der Waals surface area contributed by atoms with Crippen LogP contribution in [0.25, 0.3) is 0 Å². The van der Waals surface area contributed by atoms with E-state index in [2.05, 4.69) is 14.9 Å². The lowest BCUT2D eigenvalue weighted by Gasteiger charge is -2.03. The first-order valence-electron chi connectivity index (χ1n) is 5.91. The van der Waals surface area contributed by atoms with E-state index < -0.39 is 10.8 Å². The number of carbonyl (C=O) groups excluding carboxylic acids is 1. The molecule has 0 saturated heterocycles. The van der Waals surface area contributed by atoms with Crippen molar-refractivity contribution in [3.05, 3.63) is 35.0 Å². The Hall–Kier alpha value is -1.31. The highest BCUT2D eigenvalue weighted by Crippen LogP contribution is 2.23. The molecule has 1 N–H and O–H groups in total. The Labute approximate surface area is 128 Å². The first kappa shape index (κ1) is 15.1. The van der Waals surface area contributed by atoms with E-state index in [1.807, 2.05) is 6.92 Å². The minimum atomic E-state index is -1.49. The van der Waals surface area contributed by atoms with Gasteiger partial charge in [-0.1, -0.05) is 23.0 Å². The van der Waals surface area contributed by atoms with Gasteiger partial charge in [-0.05, 0) is 42.2 Å². The molecule has 0 bridgehead atoms. The van der Waals surface area contributed by atoms with E-state index in [4.69, 9.17) is 11.6 Å². The first-order chi connectivity index (χ1) is 9.63. The number of benzene rings is 1. The fourth-order valence-electron chi connectivity index (χ4n) is 1.43. The number of rotatable bonds is 5. The Morgan fingerprint density at radius 1 is 1.40 bits per heavy atom. The van der Waals surface area contributed by atoms with Crippen LogP contribution in [0.3, 0.4) is 0 Å². The number of carbonyl (C=O) groups is 1. The van der Waals surface area contributed by atoms with Gasteiger partial charge in [0.25, 0.3) is 5.91 Å². The average molecular weight is 330 g/mol. The lowest BCUT2D eigenvalue weighted by atomic mass is 10.4. The third-order valence-electron chi connectivity index (χ3n) is 2.40. The van der Waals surface area contributed by atoms with Gasteiger partial charge in [-0.3, -0.25) is 4.79 Å². The van der Waals surface area contributed by atoms with Crippen LogP contribution in [0.1, 0.15) is 23.8 Å². The zero-order chi connectivity index (χ0) is 14.5. The van der Waals surface area contributed by atoms with Gasteiger partial charge in [0.05, 0.1) is 10.8 Å². The smallest absolute Gasteiger partial charge is 0.274 e. The summed E-state index contributed by atoms with van der Waals surface area (Å²) in [6, 6.07) is 6.62. The predicted molar refractivity (Wildman–Crippen MR) is 78.7 cm³/mol. The highest BCUT2D eigenvalue weighted by Gasteiger charge is 2.21. The van der Waals surface area contributed by atoms with Gasteiger partial charge in [-0.15, -0.1) is 5.10 Å². The molecule has 0 fully saturated rings. The number of nitrogens with one attached hydrogen (secondary N) is 1. The van der Waals surface area contributed by atoms with Crippen LogP contribution >= 0.6 is 23.1 Å². The predicted octanol–water partition coefficient (Wildman–Crippen LogP) is 2.50. The second kappa shape index (κ2) is 6.92. The lowest BCUT2D eigenvalue weighted by Crippen LogP contribution is -2.25. The molecule has 0 aliphatic rings. The number of hydrogen-bond acceptors (Lipinski definition) is 5. The van der Waals surface area contributed by atoms with Crippen LogP contribution in [0.15, 0.2) is 33.4 Å². The second-order valence-electron chi connectivity index (χ2n) is 3.89. The number of nitrogens with zero attached hydrogens (tertiary/aromatic N) is 2. The molecule has 20 heavy (non-hydrogen) atoms. The normalized spacial score (nSPS) is 12.1. The molecule has 0 spiro atoms. The molecule has 1 aromatic carbocycles. The van der Waals surface area contributed by atoms with Crippen molar-refractivity contribution in [2.45, 2.75) is 22.4 Å². The molecule has 0 saturated carbocycles. The summed E-state index contributed by atoms with van der Waals surface area (Å²) in [7, 11) is -1.49. The van der Waals surface area contributed by atoms with Gasteiger partial charge >= 0.3 is 0 Å². The number of halogens is 1. The van der Waals surface area contributed by atoms with Crippen LogP contribution in [0, 0.1) is 0 Å². The highest BCUT2D eigenvalue weighted by atomic mass is 35.5. The summed E-state index contributed by atoms with van der Waals surface area (Å²) in [5.74, 6) is -0.349. The monoisotopic (exact) mass is 329 g/mol. The molecular weight excluding hydrogens is 318 g/mol. The summed E-state index contributed by atoms with van der Waals surface area (Å²) in [5, 5.41) is 7.03. The van der Waals surface area contributed by atoms with Gasteiger partial charge < -0.3 is 5.32 Å². The Balaban J connectivity index is 2.25. The average Bonchev–Trinajstić information content (AvgIpc) is 2.94. The third-order valence-corrected chi connectivity index (χ3v) is 5.09. The van der Waals surface area contributed by atoms with Crippen molar-refractivity contribution in [3.8, 4) is 0 Å². The standard InChI is InChI=1S/C12H12ClN3O2S2/c1-2-7-14-11(17)10-12(19-16-15-10)20(18)9-5-3-8(13)4-6-9/h3-6H,2,7H2,1H3,(H,14,17)/t20-/m1/s1. The largest absolute Gasteiger partial charge is 0.351 e. The molecule has 0 radical (unpaired) electrons. The lowest BCUT2D eigenvalue weighted by molar-refractivity contribution is 0.0945. The van der Waals surface area contributed by atoms with E-state index in [1.165, 1.54) is 0 Å². The van der Waals surface area contributed by atoms with Gasteiger partial charge in [0.2, 0.25) is 0 Å². The maximum Gasteiger partial charge on any atom is 0.274 e. The summed E-state index contributed by atoms with van der Waals surface area (Å²) in [5.41, 5.74) is 0.122. The van der Waals surface area contributed by atoms with Gasteiger partial charge in [-0.25, -0.2) is 4.21 Å². The SMILES string of the molecule is CCCNC(=O)c1nnsc1[S@](=O)c1ccc(Cl)cc1. The Morgan fingerprint density at radius 2 is 2.10 bits per heavy atom. The van der Waals surface area contributed by atoms with Crippen LogP contribution < -0.4 is 5.32 Å². The number of hydrogen-bond donors (Lipinski definition) is 1. The van der Waals surface area contributed by atoms with Crippen LogP contribution in [0.2, 0.25) is 5.02 Å². The van der Waals surface area contributed by atoms with E-state index >= 15 is 0 Å². The Bertz CT molecular complexity index is 628. The molecule has 8 heteroatoms. The fourth-order valence-corrected chi connectivity index (χ4v) is 3.54. The third kappa shape index (κ3) is 3.41. The minimum Gasteiger partial charge on any atom is -0.351 e. The zero-order valence-electron chi connectivity index (χ0n) is 10.6. The number of aromatic nitrogens is 2. The Morgan fingerprint density at radius 3 is 2.75 bits per heavy atom. The van der Waals surface area contributed by atoms with Gasteiger partial charge in [0.1, 0.15) is 0 Å². The molecule has 1 aromatic heterocycles. The van der Waals surface area contributed by atoms with Crippen LogP contribution in [0.4, 0.5) is 0 Å². The maximum absolute atomic E-state index is 12.4. The summed E-state index contributed by atoms with van der Waals surface area (Å²) < 4.78 is 16.5. The van der Waals surface area contributed by atoms with Crippen molar-refractivity contribution < 1.29 is 9.00 Å². The van der Waals surface area contributed by atoms with E-state index in [-0.39, 0.29) is 11.6 Å². The van der Waals surface area contributed by atoms with Gasteiger partial charge in [-0.2, -0.15) is 0 Å². The molecule has 1 amide bonds. The quantitative estimate of drug-likeness (QED) is 0.914. The van der Waals surface area contributed by atoms with Crippen LogP contribution in [0.5, 0.6) is 0 Å². The second-order valence-corrected chi connectivity index (χ2v) is 6.75. The summed E-state index contributed by atoms with van der Waals surface area (Å²) in [6.45, 7) is 2.50. The molecule has 0 unspecified atom stereocenters.